The maximum Gasteiger partial charge on any atom is 0.251 e. The predicted molar refractivity (Wildman–Crippen MR) is 113 cm³/mol. The smallest absolute Gasteiger partial charge is 0.251 e. The Balaban J connectivity index is 1.34. The first-order chi connectivity index (χ1) is 14.2. The number of halogens is 1. The molecule has 0 aliphatic heterocycles. The molecule has 4 nitrogen and oxygen atoms in total. The molecule has 3 aromatic rings. The summed E-state index contributed by atoms with van der Waals surface area (Å²) in [6.45, 7) is 0.250. The largest absolute Gasteiger partial charge is 0.359 e. The second-order valence-electron chi connectivity index (χ2n) is 7.17. The highest BCUT2D eigenvalue weighted by Gasteiger charge is 2.12. The summed E-state index contributed by atoms with van der Waals surface area (Å²) >= 11 is 6.19. The van der Waals surface area contributed by atoms with Gasteiger partial charge in [-0.15, -0.1) is 0 Å². The van der Waals surface area contributed by atoms with Crippen LogP contribution in [0.5, 0.6) is 0 Å². The lowest BCUT2D eigenvalue weighted by atomic mass is 10.1. The lowest BCUT2D eigenvalue weighted by Gasteiger charge is -2.03. The first kappa shape index (κ1) is 19.3. The molecule has 5 heteroatoms. The average molecular weight is 405 g/mol. The van der Waals surface area contributed by atoms with Gasteiger partial charge in [-0.25, -0.2) is 0 Å². The van der Waals surface area contributed by atoms with E-state index in [-0.39, 0.29) is 12.5 Å². The summed E-state index contributed by atoms with van der Waals surface area (Å²) in [7, 11) is 0. The van der Waals surface area contributed by atoms with Gasteiger partial charge in [0.2, 0.25) is 0 Å². The molecular formula is C24H21ClN2O2. The van der Waals surface area contributed by atoms with E-state index in [2.05, 4.69) is 22.3 Å². The second kappa shape index (κ2) is 8.98. The van der Waals surface area contributed by atoms with Crippen LogP contribution in [0.3, 0.4) is 0 Å². The zero-order valence-electron chi connectivity index (χ0n) is 16.0. The van der Waals surface area contributed by atoms with Crippen molar-refractivity contribution < 1.29 is 9.32 Å². The molecule has 1 aliphatic carbocycles. The first-order valence-corrected chi connectivity index (χ1v) is 10.2. The molecule has 4 rings (SSSR count). The van der Waals surface area contributed by atoms with E-state index in [0.717, 1.165) is 11.1 Å². The van der Waals surface area contributed by atoms with Crippen molar-refractivity contribution in [3.8, 4) is 23.1 Å². The van der Waals surface area contributed by atoms with Crippen LogP contribution in [0.2, 0.25) is 5.02 Å². The van der Waals surface area contributed by atoms with Crippen LogP contribution in [-0.4, -0.2) is 11.1 Å². The van der Waals surface area contributed by atoms with Gasteiger partial charge in [-0.05, 0) is 43.2 Å². The molecule has 0 bridgehead atoms. The minimum atomic E-state index is -0.170. The topological polar surface area (TPSA) is 55.1 Å². The number of aromatic nitrogens is 1. The molecule has 1 aliphatic rings. The highest BCUT2D eigenvalue weighted by Crippen LogP contribution is 2.27. The number of carbonyl (C=O) groups is 1. The van der Waals surface area contributed by atoms with Gasteiger partial charge in [-0.3, -0.25) is 4.79 Å². The molecule has 1 saturated carbocycles. The molecule has 0 unspecified atom stereocenters. The zero-order chi connectivity index (χ0) is 20.1. The lowest BCUT2D eigenvalue weighted by molar-refractivity contribution is 0.0947. The van der Waals surface area contributed by atoms with Crippen LogP contribution in [0.15, 0.2) is 59.1 Å². The lowest BCUT2D eigenvalue weighted by Crippen LogP contribution is -2.22. The third-order valence-corrected chi connectivity index (χ3v) is 5.38. The minimum absolute atomic E-state index is 0.170. The van der Waals surface area contributed by atoms with Gasteiger partial charge in [0.15, 0.2) is 5.76 Å². The highest BCUT2D eigenvalue weighted by atomic mass is 35.5. The van der Waals surface area contributed by atoms with E-state index in [1.54, 1.807) is 24.3 Å². The van der Waals surface area contributed by atoms with Crippen molar-refractivity contribution in [2.24, 2.45) is 5.92 Å². The molecule has 1 N–H and O–H groups in total. The van der Waals surface area contributed by atoms with E-state index in [0.29, 0.717) is 28.0 Å². The van der Waals surface area contributed by atoms with E-state index in [4.69, 9.17) is 16.1 Å². The SMILES string of the molecule is O=C(NCc1cc(-c2ccccc2Cl)no1)c1ccc(C#CC2CCCC2)cc1. The summed E-state index contributed by atoms with van der Waals surface area (Å²) in [6.07, 6.45) is 4.97. The monoisotopic (exact) mass is 404 g/mol. The van der Waals surface area contributed by atoms with Gasteiger partial charge in [0, 0.05) is 28.7 Å². The molecule has 1 aromatic heterocycles. The van der Waals surface area contributed by atoms with Crippen molar-refractivity contribution >= 4 is 17.5 Å². The number of amides is 1. The molecule has 1 heterocycles. The van der Waals surface area contributed by atoms with Gasteiger partial charge >= 0.3 is 0 Å². The third-order valence-electron chi connectivity index (χ3n) is 5.05. The van der Waals surface area contributed by atoms with Gasteiger partial charge in [0.05, 0.1) is 11.6 Å². The molecule has 1 amide bonds. The normalized spacial score (nSPS) is 13.7. The van der Waals surface area contributed by atoms with Crippen LogP contribution in [0.4, 0.5) is 0 Å². The number of benzene rings is 2. The van der Waals surface area contributed by atoms with Gasteiger partial charge < -0.3 is 9.84 Å². The average Bonchev–Trinajstić information content (AvgIpc) is 3.43. The van der Waals surface area contributed by atoms with Crippen molar-refractivity contribution in [3.05, 3.63) is 76.5 Å². The molecule has 2 aromatic carbocycles. The number of hydrogen-bond donors (Lipinski definition) is 1. The van der Waals surface area contributed by atoms with Crippen molar-refractivity contribution in [1.29, 1.82) is 0 Å². The van der Waals surface area contributed by atoms with Crippen LogP contribution < -0.4 is 5.32 Å². The van der Waals surface area contributed by atoms with Crippen molar-refractivity contribution in [2.75, 3.05) is 0 Å². The fourth-order valence-electron chi connectivity index (χ4n) is 3.42. The summed E-state index contributed by atoms with van der Waals surface area (Å²) in [5, 5.41) is 7.49. The fourth-order valence-corrected chi connectivity index (χ4v) is 3.65. The Hall–Kier alpha value is -3.03. The van der Waals surface area contributed by atoms with Gasteiger partial charge in [0.25, 0.3) is 5.91 Å². The van der Waals surface area contributed by atoms with Crippen LogP contribution in [0.1, 0.15) is 47.4 Å². The molecule has 0 radical (unpaired) electrons. The highest BCUT2D eigenvalue weighted by molar-refractivity contribution is 6.33. The molecule has 29 heavy (non-hydrogen) atoms. The van der Waals surface area contributed by atoms with Crippen LogP contribution in [-0.2, 0) is 6.54 Å². The fraction of sp³-hybridized carbons (Fsp3) is 0.250. The van der Waals surface area contributed by atoms with Crippen molar-refractivity contribution in [3.63, 3.8) is 0 Å². The van der Waals surface area contributed by atoms with E-state index < -0.39 is 0 Å². The number of nitrogens with one attached hydrogen (secondary N) is 1. The Morgan fingerprint density at radius 1 is 1.14 bits per heavy atom. The molecule has 0 spiro atoms. The number of rotatable bonds is 4. The third kappa shape index (κ3) is 4.88. The minimum Gasteiger partial charge on any atom is -0.359 e. The molecule has 0 saturated heterocycles. The Morgan fingerprint density at radius 2 is 1.90 bits per heavy atom. The Labute approximate surface area is 175 Å². The second-order valence-corrected chi connectivity index (χ2v) is 7.58. The molecule has 146 valence electrons. The quantitative estimate of drug-likeness (QED) is 0.587. The predicted octanol–water partition coefficient (Wildman–Crippen LogP) is 5.47. The standard InChI is InChI=1S/C24H21ClN2O2/c25-22-8-4-3-7-21(22)23-15-20(29-27-23)16-26-24(28)19-13-11-18(12-14-19)10-9-17-5-1-2-6-17/h3-4,7-8,11-15,17H,1-2,5-6,16H2,(H,26,28). The van der Waals surface area contributed by atoms with E-state index in [1.165, 1.54) is 25.7 Å². The summed E-state index contributed by atoms with van der Waals surface area (Å²) < 4.78 is 5.32. The van der Waals surface area contributed by atoms with Crippen molar-refractivity contribution in [1.82, 2.24) is 10.5 Å². The number of nitrogens with zero attached hydrogens (tertiary/aromatic N) is 1. The number of carbonyl (C=O) groups excluding carboxylic acids is 1. The number of hydrogen-bond acceptors (Lipinski definition) is 3. The molecular weight excluding hydrogens is 384 g/mol. The van der Waals surface area contributed by atoms with Gasteiger partial charge in [-0.1, -0.05) is 59.6 Å². The van der Waals surface area contributed by atoms with Gasteiger partial charge in [0.1, 0.15) is 5.69 Å². The van der Waals surface area contributed by atoms with Crippen molar-refractivity contribution in [2.45, 2.75) is 32.2 Å². The maximum atomic E-state index is 12.4. The Morgan fingerprint density at radius 3 is 2.66 bits per heavy atom. The Kier molecular flexibility index (Phi) is 5.97. The summed E-state index contributed by atoms with van der Waals surface area (Å²) in [5.41, 5.74) is 2.96. The summed E-state index contributed by atoms with van der Waals surface area (Å²) in [6, 6.07) is 16.6. The van der Waals surface area contributed by atoms with Crippen LogP contribution >= 0.6 is 11.6 Å². The molecule has 0 atom stereocenters. The molecule has 1 fully saturated rings. The van der Waals surface area contributed by atoms with E-state index in [1.807, 2.05) is 30.3 Å². The van der Waals surface area contributed by atoms with E-state index >= 15 is 0 Å². The van der Waals surface area contributed by atoms with E-state index in [9.17, 15) is 4.79 Å². The first-order valence-electron chi connectivity index (χ1n) is 9.79. The summed E-state index contributed by atoms with van der Waals surface area (Å²) in [5.74, 6) is 7.47. The summed E-state index contributed by atoms with van der Waals surface area (Å²) in [4.78, 5) is 12.4. The van der Waals surface area contributed by atoms with Crippen LogP contribution in [0.25, 0.3) is 11.3 Å². The zero-order valence-corrected chi connectivity index (χ0v) is 16.7. The maximum absolute atomic E-state index is 12.4. The van der Waals surface area contributed by atoms with Crippen LogP contribution in [0, 0.1) is 17.8 Å². The Bertz CT molecular complexity index is 1050. The van der Waals surface area contributed by atoms with Gasteiger partial charge in [-0.2, -0.15) is 0 Å².